The summed E-state index contributed by atoms with van der Waals surface area (Å²) >= 11 is 0. The van der Waals surface area contributed by atoms with E-state index in [1.807, 2.05) is 54.6 Å². The molecule has 0 N–H and O–H groups in total. The van der Waals surface area contributed by atoms with Crippen LogP contribution in [0.25, 0.3) is 10.9 Å². The Bertz CT molecular complexity index is 781. The zero-order valence-corrected chi connectivity index (χ0v) is 12.2. The Hall–Kier alpha value is -2.82. The lowest BCUT2D eigenvalue weighted by Crippen LogP contribution is -2.14. The van der Waals surface area contributed by atoms with Crippen LogP contribution in [-0.2, 0) is 11.3 Å². The van der Waals surface area contributed by atoms with E-state index in [1.165, 1.54) is 4.68 Å². The van der Waals surface area contributed by atoms with Crippen molar-refractivity contribution in [3.63, 3.8) is 0 Å². The first-order valence-corrected chi connectivity index (χ1v) is 7.11. The van der Waals surface area contributed by atoms with Crippen molar-refractivity contribution in [2.45, 2.75) is 13.5 Å². The van der Waals surface area contributed by atoms with Crippen molar-refractivity contribution in [2.24, 2.45) is 0 Å². The third-order valence-corrected chi connectivity index (χ3v) is 3.21. The highest BCUT2D eigenvalue weighted by Gasteiger charge is 2.16. The summed E-state index contributed by atoms with van der Waals surface area (Å²) in [6.45, 7) is 2.45. The van der Waals surface area contributed by atoms with Gasteiger partial charge in [0, 0.05) is 0 Å². The number of hydrogen-bond donors (Lipinski definition) is 0. The molecule has 1 aromatic heterocycles. The molecule has 0 bridgehead atoms. The van der Waals surface area contributed by atoms with E-state index in [1.54, 1.807) is 6.92 Å². The van der Waals surface area contributed by atoms with Crippen LogP contribution >= 0.6 is 0 Å². The average Bonchev–Trinajstić information content (AvgIpc) is 2.93. The Morgan fingerprint density at radius 3 is 2.59 bits per heavy atom. The first kappa shape index (κ1) is 14.1. The van der Waals surface area contributed by atoms with Crippen molar-refractivity contribution >= 4 is 17.0 Å². The summed E-state index contributed by atoms with van der Waals surface area (Å²) < 4.78 is 12.0. The molecule has 0 aliphatic rings. The van der Waals surface area contributed by atoms with E-state index < -0.39 is 6.09 Å². The Morgan fingerprint density at radius 1 is 1.09 bits per heavy atom. The van der Waals surface area contributed by atoms with Gasteiger partial charge in [0.05, 0.1) is 17.5 Å². The highest BCUT2D eigenvalue weighted by molar-refractivity contribution is 5.91. The molecule has 0 atom stereocenters. The van der Waals surface area contributed by atoms with Crippen molar-refractivity contribution in [2.75, 3.05) is 6.61 Å². The number of benzene rings is 2. The largest absolute Gasteiger partial charge is 0.471 e. The van der Waals surface area contributed by atoms with E-state index in [9.17, 15) is 4.79 Å². The van der Waals surface area contributed by atoms with Crippen LogP contribution in [0.2, 0.25) is 0 Å². The maximum Gasteiger partial charge on any atom is 0.435 e. The summed E-state index contributed by atoms with van der Waals surface area (Å²) in [5.74, 6) is 0.424. The molecule has 3 rings (SSSR count). The van der Waals surface area contributed by atoms with Crippen LogP contribution in [-0.4, -0.2) is 22.5 Å². The lowest BCUT2D eigenvalue weighted by molar-refractivity contribution is 0.150. The third kappa shape index (κ3) is 2.79. The lowest BCUT2D eigenvalue weighted by Gasteiger charge is -2.03. The third-order valence-electron chi connectivity index (χ3n) is 3.21. The summed E-state index contributed by atoms with van der Waals surface area (Å²) in [6.07, 6.45) is -0.506. The fourth-order valence-electron chi connectivity index (χ4n) is 2.19. The zero-order chi connectivity index (χ0) is 15.4. The Labute approximate surface area is 128 Å². The Morgan fingerprint density at radius 2 is 1.82 bits per heavy atom. The van der Waals surface area contributed by atoms with Crippen LogP contribution in [0.4, 0.5) is 4.79 Å². The van der Waals surface area contributed by atoms with Gasteiger partial charge >= 0.3 is 6.09 Å². The maximum absolute atomic E-state index is 12.0. The number of ether oxygens (including phenoxy) is 2. The predicted octanol–water partition coefficient (Wildman–Crippen LogP) is 3.62. The minimum atomic E-state index is -0.506. The SMILES string of the molecule is CCOC(=O)n1nc(OCc2ccccc2)c2ccccc21. The van der Waals surface area contributed by atoms with Crippen molar-refractivity contribution in [3.8, 4) is 5.88 Å². The smallest absolute Gasteiger partial charge is 0.435 e. The number of hydrogen-bond acceptors (Lipinski definition) is 4. The summed E-state index contributed by atoms with van der Waals surface area (Å²) in [5.41, 5.74) is 1.71. The normalized spacial score (nSPS) is 10.6. The van der Waals surface area contributed by atoms with Crippen molar-refractivity contribution in [3.05, 3.63) is 60.2 Å². The van der Waals surface area contributed by atoms with E-state index in [4.69, 9.17) is 9.47 Å². The van der Waals surface area contributed by atoms with Crippen LogP contribution in [0, 0.1) is 0 Å². The molecule has 0 aliphatic carbocycles. The fourth-order valence-corrected chi connectivity index (χ4v) is 2.19. The number of nitrogens with zero attached hydrogens (tertiary/aromatic N) is 2. The van der Waals surface area contributed by atoms with Gasteiger partial charge in [0.1, 0.15) is 6.61 Å². The molecule has 0 unspecified atom stereocenters. The first-order chi connectivity index (χ1) is 10.8. The summed E-state index contributed by atoms with van der Waals surface area (Å²) in [4.78, 5) is 12.0. The minimum Gasteiger partial charge on any atom is -0.471 e. The molecule has 3 aromatic rings. The van der Waals surface area contributed by atoms with Gasteiger partial charge in [-0.05, 0) is 24.6 Å². The quantitative estimate of drug-likeness (QED) is 0.738. The number of rotatable bonds is 4. The highest BCUT2D eigenvalue weighted by atomic mass is 16.6. The number of aromatic nitrogens is 2. The van der Waals surface area contributed by atoms with Crippen molar-refractivity contribution < 1.29 is 14.3 Å². The van der Waals surface area contributed by atoms with E-state index in [0.717, 1.165) is 10.9 Å². The molecular weight excluding hydrogens is 280 g/mol. The fraction of sp³-hybridized carbons (Fsp3) is 0.176. The van der Waals surface area contributed by atoms with Gasteiger partial charge in [0.2, 0.25) is 5.88 Å². The van der Waals surface area contributed by atoms with E-state index in [0.29, 0.717) is 24.6 Å². The van der Waals surface area contributed by atoms with Gasteiger partial charge in [-0.25, -0.2) is 4.79 Å². The molecule has 5 heteroatoms. The molecule has 0 fully saturated rings. The van der Waals surface area contributed by atoms with Crippen LogP contribution in [0.3, 0.4) is 0 Å². The lowest BCUT2D eigenvalue weighted by atomic mass is 10.2. The van der Waals surface area contributed by atoms with E-state index >= 15 is 0 Å². The number of carbonyl (C=O) groups excluding carboxylic acids is 1. The Kier molecular flexibility index (Phi) is 4.05. The molecular formula is C17H16N2O3. The molecule has 0 radical (unpaired) electrons. The van der Waals surface area contributed by atoms with Gasteiger partial charge in [-0.15, -0.1) is 5.10 Å². The molecule has 2 aromatic carbocycles. The molecule has 22 heavy (non-hydrogen) atoms. The van der Waals surface area contributed by atoms with Gasteiger partial charge in [0.25, 0.3) is 0 Å². The Balaban J connectivity index is 1.91. The number of para-hydroxylation sites is 1. The number of fused-ring (bicyclic) bond motifs is 1. The van der Waals surface area contributed by atoms with Gasteiger partial charge in [-0.2, -0.15) is 4.68 Å². The van der Waals surface area contributed by atoms with Crippen LogP contribution in [0.1, 0.15) is 12.5 Å². The second-order valence-corrected chi connectivity index (χ2v) is 4.71. The monoisotopic (exact) mass is 296 g/mol. The van der Waals surface area contributed by atoms with Crippen molar-refractivity contribution in [1.29, 1.82) is 0 Å². The van der Waals surface area contributed by atoms with Gasteiger partial charge < -0.3 is 9.47 Å². The molecule has 0 saturated heterocycles. The van der Waals surface area contributed by atoms with Crippen LogP contribution in [0.15, 0.2) is 54.6 Å². The molecule has 112 valence electrons. The van der Waals surface area contributed by atoms with Crippen LogP contribution < -0.4 is 4.74 Å². The van der Waals surface area contributed by atoms with E-state index in [2.05, 4.69) is 5.10 Å². The van der Waals surface area contributed by atoms with Gasteiger partial charge in [-0.3, -0.25) is 0 Å². The molecule has 0 aliphatic heterocycles. The topological polar surface area (TPSA) is 53.4 Å². The van der Waals surface area contributed by atoms with Crippen LogP contribution in [0.5, 0.6) is 5.88 Å². The molecule has 5 nitrogen and oxygen atoms in total. The predicted molar refractivity (Wildman–Crippen MR) is 82.9 cm³/mol. The van der Waals surface area contributed by atoms with Crippen molar-refractivity contribution in [1.82, 2.24) is 9.78 Å². The molecule has 1 heterocycles. The van der Waals surface area contributed by atoms with Gasteiger partial charge in [0.15, 0.2) is 0 Å². The first-order valence-electron chi connectivity index (χ1n) is 7.11. The van der Waals surface area contributed by atoms with Gasteiger partial charge in [-0.1, -0.05) is 42.5 Å². The number of carbonyl (C=O) groups is 1. The maximum atomic E-state index is 12.0. The highest BCUT2D eigenvalue weighted by Crippen LogP contribution is 2.25. The van der Waals surface area contributed by atoms with E-state index in [-0.39, 0.29) is 0 Å². The summed E-state index contributed by atoms with van der Waals surface area (Å²) in [5, 5.41) is 5.03. The minimum absolute atomic E-state index is 0.299. The standard InChI is InChI=1S/C17H16N2O3/c1-2-21-17(20)19-15-11-7-6-10-14(15)16(18-19)22-12-13-8-4-3-5-9-13/h3-11H,2,12H2,1H3. The zero-order valence-electron chi connectivity index (χ0n) is 12.2. The molecule has 0 amide bonds. The molecule has 0 spiro atoms. The molecule has 0 saturated carbocycles. The summed E-state index contributed by atoms with van der Waals surface area (Å²) in [6, 6.07) is 17.2. The second kappa shape index (κ2) is 6.30. The average molecular weight is 296 g/mol. The summed E-state index contributed by atoms with van der Waals surface area (Å²) in [7, 11) is 0. The second-order valence-electron chi connectivity index (χ2n) is 4.71.